The van der Waals surface area contributed by atoms with E-state index in [1.807, 2.05) is 6.92 Å². The van der Waals surface area contributed by atoms with Gasteiger partial charge in [0, 0.05) is 24.0 Å². The summed E-state index contributed by atoms with van der Waals surface area (Å²) < 4.78 is 30.1. The molecule has 134 valence electrons. The number of nitrogens with one attached hydrogen (secondary N) is 1. The Balaban J connectivity index is 2.01. The van der Waals surface area contributed by atoms with Crippen LogP contribution in [0.3, 0.4) is 0 Å². The predicted molar refractivity (Wildman–Crippen MR) is 95.0 cm³/mol. The first kappa shape index (κ1) is 19.0. The Kier molecular flexibility index (Phi) is 6.48. The Labute approximate surface area is 148 Å². The fourth-order valence-corrected chi connectivity index (χ4v) is 3.67. The number of carbonyl (C=O) groups excluding carboxylic acids is 1. The van der Waals surface area contributed by atoms with Crippen molar-refractivity contribution in [3.63, 3.8) is 0 Å². The Morgan fingerprint density at radius 1 is 1.38 bits per heavy atom. The normalized spacial score (nSPS) is 16.8. The van der Waals surface area contributed by atoms with Crippen LogP contribution in [0, 0.1) is 5.92 Å². The Bertz CT molecular complexity index is 685. The van der Waals surface area contributed by atoms with Gasteiger partial charge in [-0.3, -0.25) is 4.79 Å². The Morgan fingerprint density at radius 3 is 2.62 bits per heavy atom. The molecular weight excluding hydrogens is 352 g/mol. The van der Waals surface area contributed by atoms with Crippen molar-refractivity contribution in [2.75, 3.05) is 31.3 Å². The van der Waals surface area contributed by atoms with Crippen molar-refractivity contribution in [2.24, 2.45) is 5.92 Å². The lowest BCUT2D eigenvalue weighted by Crippen LogP contribution is -2.40. The van der Waals surface area contributed by atoms with Crippen LogP contribution in [-0.2, 0) is 14.8 Å². The quantitative estimate of drug-likeness (QED) is 0.830. The van der Waals surface area contributed by atoms with E-state index in [2.05, 4.69) is 5.32 Å². The van der Waals surface area contributed by atoms with Gasteiger partial charge in [-0.1, -0.05) is 18.5 Å². The SMILES string of the molecule is CCCOc1ccc(Cl)cc1NC(=O)C1CCN(S(C)(=O)=O)CC1. The molecule has 1 saturated heterocycles. The highest BCUT2D eigenvalue weighted by Crippen LogP contribution is 2.30. The highest BCUT2D eigenvalue weighted by Gasteiger charge is 2.29. The molecule has 8 heteroatoms. The molecule has 0 aliphatic carbocycles. The number of anilines is 1. The maximum absolute atomic E-state index is 12.5. The molecular formula is C16H23ClN2O4S. The predicted octanol–water partition coefficient (Wildman–Crippen LogP) is 2.74. The van der Waals surface area contributed by atoms with Gasteiger partial charge in [-0.2, -0.15) is 0 Å². The molecule has 1 fully saturated rings. The highest BCUT2D eigenvalue weighted by molar-refractivity contribution is 7.88. The molecule has 1 N–H and O–H groups in total. The highest BCUT2D eigenvalue weighted by atomic mass is 35.5. The first-order valence-electron chi connectivity index (χ1n) is 7.99. The molecule has 0 bridgehead atoms. The molecule has 24 heavy (non-hydrogen) atoms. The molecule has 0 atom stereocenters. The molecule has 2 rings (SSSR count). The summed E-state index contributed by atoms with van der Waals surface area (Å²) in [5.74, 6) is 0.232. The smallest absolute Gasteiger partial charge is 0.227 e. The van der Waals surface area contributed by atoms with Gasteiger partial charge in [0.15, 0.2) is 0 Å². The van der Waals surface area contributed by atoms with Gasteiger partial charge in [-0.15, -0.1) is 0 Å². The number of amides is 1. The second kappa shape index (κ2) is 8.18. The van der Waals surface area contributed by atoms with E-state index >= 15 is 0 Å². The van der Waals surface area contributed by atoms with Crippen LogP contribution in [0.1, 0.15) is 26.2 Å². The summed E-state index contributed by atoms with van der Waals surface area (Å²) >= 11 is 6.01. The van der Waals surface area contributed by atoms with E-state index < -0.39 is 10.0 Å². The van der Waals surface area contributed by atoms with Gasteiger partial charge < -0.3 is 10.1 Å². The molecule has 1 aromatic carbocycles. The van der Waals surface area contributed by atoms with E-state index in [1.54, 1.807) is 18.2 Å². The van der Waals surface area contributed by atoms with Crippen LogP contribution < -0.4 is 10.1 Å². The molecule has 1 aliphatic rings. The van der Waals surface area contributed by atoms with Crippen LogP contribution in [0.5, 0.6) is 5.75 Å². The number of ether oxygens (including phenoxy) is 1. The monoisotopic (exact) mass is 374 g/mol. The van der Waals surface area contributed by atoms with Crippen LogP contribution in [0.2, 0.25) is 5.02 Å². The second-order valence-electron chi connectivity index (χ2n) is 5.91. The molecule has 1 heterocycles. The van der Waals surface area contributed by atoms with E-state index in [0.29, 0.717) is 49.0 Å². The molecule has 0 spiro atoms. The summed E-state index contributed by atoms with van der Waals surface area (Å²) in [7, 11) is -3.19. The van der Waals surface area contributed by atoms with Crippen LogP contribution in [-0.4, -0.2) is 44.6 Å². The van der Waals surface area contributed by atoms with Crippen LogP contribution in [0.4, 0.5) is 5.69 Å². The average molecular weight is 375 g/mol. The van der Waals surface area contributed by atoms with Crippen LogP contribution in [0.25, 0.3) is 0 Å². The molecule has 0 radical (unpaired) electrons. The fourth-order valence-electron chi connectivity index (χ4n) is 2.62. The number of rotatable bonds is 6. The van der Waals surface area contributed by atoms with E-state index in [-0.39, 0.29) is 11.8 Å². The van der Waals surface area contributed by atoms with Crippen molar-refractivity contribution in [1.82, 2.24) is 4.31 Å². The molecule has 0 aromatic heterocycles. The van der Waals surface area contributed by atoms with Gasteiger partial charge in [0.05, 0.1) is 18.6 Å². The van der Waals surface area contributed by atoms with Crippen LogP contribution in [0.15, 0.2) is 18.2 Å². The zero-order chi connectivity index (χ0) is 17.7. The van der Waals surface area contributed by atoms with Crippen molar-refractivity contribution >= 4 is 33.2 Å². The molecule has 1 amide bonds. The minimum atomic E-state index is -3.19. The third-order valence-electron chi connectivity index (χ3n) is 3.95. The molecule has 1 aromatic rings. The zero-order valence-corrected chi connectivity index (χ0v) is 15.5. The number of nitrogens with zero attached hydrogens (tertiary/aromatic N) is 1. The molecule has 0 saturated carbocycles. The lowest BCUT2D eigenvalue weighted by Gasteiger charge is -2.29. The zero-order valence-electron chi connectivity index (χ0n) is 13.9. The van der Waals surface area contributed by atoms with Gasteiger partial charge in [-0.05, 0) is 37.5 Å². The number of benzene rings is 1. The number of sulfonamides is 1. The average Bonchev–Trinajstić information content (AvgIpc) is 2.53. The van der Waals surface area contributed by atoms with E-state index in [4.69, 9.17) is 16.3 Å². The third kappa shape index (κ3) is 5.09. The number of hydrogen-bond acceptors (Lipinski definition) is 4. The van der Waals surface area contributed by atoms with Crippen molar-refractivity contribution in [3.05, 3.63) is 23.2 Å². The van der Waals surface area contributed by atoms with Gasteiger partial charge in [0.2, 0.25) is 15.9 Å². The first-order valence-corrected chi connectivity index (χ1v) is 10.2. The summed E-state index contributed by atoms with van der Waals surface area (Å²) in [5, 5.41) is 3.38. The molecule has 1 aliphatic heterocycles. The lowest BCUT2D eigenvalue weighted by molar-refractivity contribution is -0.120. The minimum absolute atomic E-state index is 0.133. The summed E-state index contributed by atoms with van der Waals surface area (Å²) in [6.45, 7) is 3.29. The Hall–Kier alpha value is -1.31. The van der Waals surface area contributed by atoms with Gasteiger partial charge in [0.25, 0.3) is 0 Å². The van der Waals surface area contributed by atoms with E-state index in [0.717, 1.165) is 6.42 Å². The largest absolute Gasteiger partial charge is 0.491 e. The third-order valence-corrected chi connectivity index (χ3v) is 5.49. The molecule has 6 nitrogen and oxygen atoms in total. The number of hydrogen-bond donors (Lipinski definition) is 1. The summed E-state index contributed by atoms with van der Waals surface area (Å²) in [5.41, 5.74) is 0.548. The number of halogens is 1. The summed E-state index contributed by atoms with van der Waals surface area (Å²) in [6.07, 6.45) is 3.06. The minimum Gasteiger partial charge on any atom is -0.491 e. The summed E-state index contributed by atoms with van der Waals surface area (Å²) in [4.78, 5) is 12.5. The van der Waals surface area contributed by atoms with Crippen molar-refractivity contribution in [3.8, 4) is 5.75 Å². The molecule has 0 unspecified atom stereocenters. The second-order valence-corrected chi connectivity index (χ2v) is 8.33. The van der Waals surface area contributed by atoms with Gasteiger partial charge >= 0.3 is 0 Å². The lowest BCUT2D eigenvalue weighted by atomic mass is 9.97. The first-order chi connectivity index (χ1) is 11.3. The van der Waals surface area contributed by atoms with Crippen LogP contribution >= 0.6 is 11.6 Å². The topological polar surface area (TPSA) is 75.7 Å². The fraction of sp³-hybridized carbons (Fsp3) is 0.562. The Morgan fingerprint density at radius 2 is 2.04 bits per heavy atom. The number of piperidine rings is 1. The maximum atomic E-state index is 12.5. The summed E-state index contributed by atoms with van der Waals surface area (Å²) in [6, 6.07) is 5.11. The van der Waals surface area contributed by atoms with Gasteiger partial charge in [-0.25, -0.2) is 12.7 Å². The van der Waals surface area contributed by atoms with Crippen molar-refractivity contribution in [1.29, 1.82) is 0 Å². The maximum Gasteiger partial charge on any atom is 0.227 e. The van der Waals surface area contributed by atoms with Crippen molar-refractivity contribution < 1.29 is 17.9 Å². The van der Waals surface area contributed by atoms with E-state index in [9.17, 15) is 13.2 Å². The number of carbonyl (C=O) groups is 1. The van der Waals surface area contributed by atoms with E-state index in [1.165, 1.54) is 10.6 Å². The standard InChI is InChI=1S/C16H23ClN2O4S/c1-3-10-23-15-5-4-13(17)11-14(15)18-16(20)12-6-8-19(9-7-12)24(2,21)22/h4-5,11-12H,3,6-10H2,1-2H3,(H,18,20). The van der Waals surface area contributed by atoms with Gasteiger partial charge in [0.1, 0.15) is 5.75 Å². The van der Waals surface area contributed by atoms with Crippen molar-refractivity contribution in [2.45, 2.75) is 26.2 Å².